The van der Waals surface area contributed by atoms with Crippen LogP contribution in [0.1, 0.15) is 10.5 Å². The highest BCUT2D eigenvalue weighted by Gasteiger charge is 2.55. The van der Waals surface area contributed by atoms with Crippen LogP contribution in [0.15, 0.2) is 41.9 Å². The van der Waals surface area contributed by atoms with Gasteiger partial charge in [0.1, 0.15) is 33.1 Å². The summed E-state index contributed by atoms with van der Waals surface area (Å²) in [5.41, 5.74) is 5.68. The average molecular weight is 708 g/mol. The fourth-order valence-corrected chi connectivity index (χ4v) is 5.59. The van der Waals surface area contributed by atoms with Crippen molar-refractivity contribution in [2.24, 2.45) is 0 Å². The number of amides is 2. The highest BCUT2D eigenvalue weighted by molar-refractivity contribution is 8.00. The van der Waals surface area contributed by atoms with Crippen molar-refractivity contribution >= 4 is 75.3 Å². The van der Waals surface area contributed by atoms with Crippen LogP contribution < -0.4 is 20.7 Å². The first kappa shape index (κ1) is 36.8. The standard InChI is InChI=1S/C18H14ClN5O5S2.2C2HF3O2/c19-13-9(22-18(20)31-13)12(25)14(26)21-10-15(27)24-11(17(28)29)8(7-30-16(10)24)6-23-4-2-1-3-5-23;2*3-2(4,5)1(6)7/h1-5,10,16H,6-7H2,(H3-,20,21,22,26,28,29);2*(H,6,7)/t10-,16-;;/m1../s1. The Morgan fingerprint density at radius 1 is 1.09 bits per heavy atom. The Morgan fingerprint density at radius 3 is 2.04 bits per heavy atom. The van der Waals surface area contributed by atoms with Gasteiger partial charge in [-0.15, -0.1) is 11.8 Å². The summed E-state index contributed by atoms with van der Waals surface area (Å²) < 4.78 is 65.1. The zero-order chi connectivity index (χ0) is 34.4. The van der Waals surface area contributed by atoms with E-state index >= 15 is 0 Å². The Hall–Kier alpha value is -4.44. The molecule has 2 atom stereocenters. The second-order valence-corrected chi connectivity index (χ2v) is 11.0. The molecule has 5 N–H and O–H groups in total. The van der Waals surface area contributed by atoms with E-state index in [1.807, 2.05) is 22.8 Å². The number of nitrogens with two attached hydrogens (primary N) is 1. The molecule has 0 aromatic carbocycles. The maximum atomic E-state index is 12.7. The molecule has 244 valence electrons. The number of rotatable bonds is 6. The Bertz CT molecular complexity index is 1510. The molecule has 2 aromatic heterocycles. The Kier molecular flexibility index (Phi) is 11.9. The van der Waals surface area contributed by atoms with Crippen molar-refractivity contribution in [3.05, 3.63) is 51.9 Å². The lowest BCUT2D eigenvalue weighted by Crippen LogP contribution is -2.71. The molecule has 1 fully saturated rings. The number of carbonyl (C=O) groups is 6. The maximum absolute atomic E-state index is 12.7. The van der Waals surface area contributed by atoms with E-state index in [2.05, 4.69) is 10.3 Å². The van der Waals surface area contributed by atoms with Gasteiger partial charge >= 0.3 is 24.3 Å². The van der Waals surface area contributed by atoms with Crippen molar-refractivity contribution in [3.63, 3.8) is 0 Å². The van der Waals surface area contributed by atoms with Gasteiger partial charge in [0.05, 0.1) is 0 Å². The molecule has 0 spiro atoms. The molecule has 2 aromatic rings. The van der Waals surface area contributed by atoms with E-state index in [0.29, 0.717) is 17.9 Å². The highest BCUT2D eigenvalue weighted by atomic mass is 35.5. The van der Waals surface area contributed by atoms with Crippen molar-refractivity contribution in [1.82, 2.24) is 15.2 Å². The third-order valence-corrected chi connectivity index (χ3v) is 7.61. The summed E-state index contributed by atoms with van der Waals surface area (Å²) in [6.45, 7) is 0.311. The van der Waals surface area contributed by atoms with Crippen molar-refractivity contribution in [3.8, 4) is 0 Å². The number of halogens is 7. The second kappa shape index (κ2) is 14.6. The number of carboxylic acids is 3. The number of pyridine rings is 1. The van der Waals surface area contributed by atoms with Gasteiger partial charge in [0.25, 0.3) is 17.6 Å². The molecule has 14 nitrogen and oxygen atoms in total. The van der Waals surface area contributed by atoms with Crippen LogP contribution in [0.4, 0.5) is 31.5 Å². The van der Waals surface area contributed by atoms with Crippen LogP contribution in [0.25, 0.3) is 0 Å². The molecule has 4 rings (SSSR count). The van der Waals surface area contributed by atoms with Crippen molar-refractivity contribution in [2.75, 3.05) is 11.5 Å². The highest BCUT2D eigenvalue weighted by Crippen LogP contribution is 2.40. The summed E-state index contributed by atoms with van der Waals surface area (Å²) in [7, 11) is 0. The van der Waals surface area contributed by atoms with Gasteiger partial charge in [0, 0.05) is 23.5 Å². The molecule has 0 radical (unpaired) electrons. The number of hydrogen-bond acceptors (Lipinski definition) is 11. The molecule has 2 aliphatic rings. The molecule has 2 aliphatic heterocycles. The number of aromatic nitrogens is 2. The smallest absolute Gasteiger partial charge is 0.490 e. The number of carboxylic acid groups (broad SMARTS) is 3. The van der Waals surface area contributed by atoms with E-state index in [9.17, 15) is 50.6 Å². The SMILES string of the molecule is Nc1nc(C(=O)C(=O)N[C@@H]2C(=O)N3C(C(=O)O)=C(C[n+]4ccccc4)CS[C@H]23)c(Cl)s1.O=C(O)C(F)(F)F.O=C([O-])C(F)(F)F. The normalized spacial score (nSPS) is 17.4. The number of Topliss-reactive ketones (excluding diaryl/α,β-unsaturated/α-hetero) is 1. The zero-order valence-corrected chi connectivity index (χ0v) is 24.0. The van der Waals surface area contributed by atoms with Gasteiger partial charge in [0.2, 0.25) is 0 Å². The number of hydrogen-bond donors (Lipinski definition) is 4. The minimum atomic E-state index is -5.19. The maximum Gasteiger partial charge on any atom is 0.490 e. The van der Waals surface area contributed by atoms with Gasteiger partial charge in [-0.25, -0.2) is 19.1 Å². The van der Waals surface area contributed by atoms with Crippen molar-refractivity contribution in [1.29, 1.82) is 0 Å². The van der Waals surface area contributed by atoms with Crippen molar-refractivity contribution in [2.45, 2.75) is 30.3 Å². The van der Waals surface area contributed by atoms with Crippen molar-refractivity contribution < 1.29 is 75.0 Å². The molecule has 1 saturated heterocycles. The summed E-state index contributed by atoms with van der Waals surface area (Å²) >= 11 is 8.04. The number of aliphatic carboxylic acids is 3. The predicted molar refractivity (Wildman–Crippen MR) is 137 cm³/mol. The number of thioether (sulfide) groups is 1. The van der Waals surface area contributed by atoms with Crippen LogP contribution in [0.5, 0.6) is 0 Å². The number of nitrogens with zero attached hydrogens (tertiary/aromatic N) is 3. The lowest BCUT2D eigenvalue weighted by molar-refractivity contribution is -0.689. The fraction of sp³-hybridized carbons (Fsp3) is 0.273. The number of alkyl halides is 6. The summed E-state index contributed by atoms with van der Waals surface area (Å²) in [6, 6.07) is 4.45. The van der Waals surface area contributed by atoms with Gasteiger partial charge < -0.3 is 31.2 Å². The summed E-state index contributed by atoms with van der Waals surface area (Å²) in [4.78, 5) is 71.8. The summed E-state index contributed by atoms with van der Waals surface area (Å²) in [6.07, 6.45) is -6.68. The van der Waals surface area contributed by atoms with Gasteiger partial charge in [0.15, 0.2) is 24.1 Å². The van der Waals surface area contributed by atoms with Crippen LogP contribution >= 0.6 is 34.7 Å². The second-order valence-electron chi connectivity index (χ2n) is 8.26. The lowest BCUT2D eigenvalue weighted by atomic mass is 10.0. The first-order valence-corrected chi connectivity index (χ1v) is 13.6. The number of nitrogen functional groups attached to an aromatic ring is 1. The molecule has 45 heavy (non-hydrogen) atoms. The number of β-lactam (4-membered cyclic amide) rings is 1. The van der Waals surface area contributed by atoms with Crippen LogP contribution in [0, 0.1) is 0 Å². The fourth-order valence-electron chi connectivity index (χ4n) is 3.34. The Balaban J connectivity index is 0.000000421. The number of ketones is 1. The topological polar surface area (TPSA) is 224 Å². The molecule has 2 amide bonds. The number of fused-ring (bicyclic) bond motifs is 1. The molecule has 0 unspecified atom stereocenters. The van der Waals surface area contributed by atoms with E-state index in [1.54, 1.807) is 12.4 Å². The molecule has 4 heterocycles. The molecule has 23 heteroatoms. The molecule has 0 bridgehead atoms. The molecule has 0 aliphatic carbocycles. The van der Waals surface area contributed by atoms with Gasteiger partial charge in [-0.3, -0.25) is 19.3 Å². The number of nitrogens with one attached hydrogen (secondary N) is 1. The zero-order valence-electron chi connectivity index (χ0n) is 21.6. The van der Waals surface area contributed by atoms with E-state index in [4.69, 9.17) is 37.1 Å². The monoisotopic (exact) mass is 707 g/mol. The molecular formula is C22H16ClF6N5O9S2. The lowest BCUT2D eigenvalue weighted by Gasteiger charge is -2.49. The third-order valence-electron chi connectivity index (χ3n) is 5.18. The Labute approximate surface area is 259 Å². The van der Waals surface area contributed by atoms with E-state index in [0.717, 1.165) is 16.2 Å². The molecule has 0 saturated carbocycles. The largest absolute Gasteiger partial charge is 0.542 e. The van der Waals surface area contributed by atoms with Crippen LogP contribution in [0.3, 0.4) is 0 Å². The van der Waals surface area contributed by atoms with E-state index in [1.165, 1.54) is 11.8 Å². The van der Waals surface area contributed by atoms with E-state index < -0.39 is 59.3 Å². The Morgan fingerprint density at radius 2 is 1.62 bits per heavy atom. The quantitative estimate of drug-likeness (QED) is 0.104. The number of anilines is 1. The average Bonchev–Trinajstić information content (AvgIpc) is 3.28. The third kappa shape index (κ3) is 9.52. The summed E-state index contributed by atoms with van der Waals surface area (Å²) in [5.74, 6) is -9.31. The van der Waals surface area contributed by atoms with Crippen LogP contribution in [-0.2, 0) is 30.5 Å². The minimum absolute atomic E-state index is 0.0228. The van der Waals surface area contributed by atoms with Gasteiger partial charge in [-0.1, -0.05) is 29.0 Å². The first-order valence-electron chi connectivity index (χ1n) is 11.4. The van der Waals surface area contributed by atoms with Crippen LogP contribution in [0.2, 0.25) is 4.34 Å². The minimum Gasteiger partial charge on any atom is -0.542 e. The molecular weight excluding hydrogens is 692 g/mol. The van der Waals surface area contributed by atoms with Gasteiger partial charge in [-0.2, -0.15) is 26.3 Å². The summed E-state index contributed by atoms with van der Waals surface area (Å²) in [5, 5.41) is 27.4. The predicted octanol–water partition coefficient (Wildman–Crippen LogP) is 0.220. The van der Waals surface area contributed by atoms with E-state index in [-0.39, 0.29) is 20.9 Å². The van der Waals surface area contributed by atoms with Gasteiger partial charge in [-0.05, 0) is 0 Å². The first-order chi connectivity index (χ1) is 20.7. The number of thiazole rings is 1. The number of carbonyl (C=O) groups excluding carboxylic acids is 4. The van der Waals surface area contributed by atoms with Crippen LogP contribution in [-0.4, -0.2) is 85.1 Å².